The predicted octanol–water partition coefficient (Wildman–Crippen LogP) is 1.63. The summed E-state index contributed by atoms with van der Waals surface area (Å²) in [6.07, 6.45) is 3.78. The first kappa shape index (κ1) is 18.9. The Morgan fingerprint density at radius 2 is 1.89 bits per heavy atom. The number of urea groups is 1. The van der Waals surface area contributed by atoms with Crippen LogP contribution in [0.1, 0.15) is 49.4 Å². The molecule has 0 radical (unpaired) electrons. The molecule has 2 fully saturated rings. The zero-order valence-corrected chi connectivity index (χ0v) is 15.3. The molecule has 1 aromatic carbocycles. The normalized spacial score (nSPS) is 17.9. The molecule has 1 heterocycles. The zero-order valence-electron chi connectivity index (χ0n) is 15.3. The fourth-order valence-corrected chi connectivity index (χ4v) is 3.59. The van der Waals surface area contributed by atoms with Gasteiger partial charge in [-0.3, -0.25) is 19.3 Å². The molecular weight excluding hydrogens is 348 g/mol. The number of carbonyl (C=O) groups excluding carboxylic acids is 4. The third kappa shape index (κ3) is 3.79. The van der Waals surface area contributed by atoms with E-state index in [4.69, 9.17) is 0 Å². The second-order valence-corrected chi connectivity index (χ2v) is 6.96. The van der Waals surface area contributed by atoms with Gasteiger partial charge < -0.3 is 16.0 Å². The summed E-state index contributed by atoms with van der Waals surface area (Å²) < 4.78 is 0. The Kier molecular flexibility index (Phi) is 5.43. The average Bonchev–Trinajstić information content (AvgIpc) is 3.21. The van der Waals surface area contributed by atoms with Crippen LogP contribution >= 0.6 is 0 Å². The van der Waals surface area contributed by atoms with Crippen molar-refractivity contribution in [2.24, 2.45) is 0 Å². The minimum atomic E-state index is -0.838. The Hall–Kier alpha value is -2.90. The minimum Gasteiger partial charge on any atom is -0.352 e. The summed E-state index contributed by atoms with van der Waals surface area (Å²) in [6.45, 7) is 2.10. The molecule has 1 aliphatic heterocycles. The fraction of sp³-hybridized carbons (Fsp3) is 0.474. The maximum atomic E-state index is 12.6. The van der Waals surface area contributed by atoms with E-state index in [1.165, 1.54) is 0 Å². The van der Waals surface area contributed by atoms with Gasteiger partial charge >= 0.3 is 6.03 Å². The lowest BCUT2D eigenvalue weighted by Crippen LogP contribution is -2.44. The average molecular weight is 372 g/mol. The largest absolute Gasteiger partial charge is 0.352 e. The Balaban J connectivity index is 1.67. The molecule has 2 aliphatic rings. The van der Waals surface area contributed by atoms with Crippen molar-refractivity contribution in [3.8, 4) is 0 Å². The number of imide groups is 1. The molecule has 1 aromatic rings. The number of hydrogen-bond donors (Lipinski definition) is 3. The van der Waals surface area contributed by atoms with E-state index in [1.807, 2.05) is 6.92 Å². The van der Waals surface area contributed by atoms with Gasteiger partial charge in [0.15, 0.2) is 0 Å². The standard InChI is InChI=1S/C19H24N4O4/c1-2-11-20-16(25)13-7-3-4-8-14(13)21-15(24)12-23-17(26)19(22-18(23)27)9-5-6-10-19/h3-4,7-8H,2,5-6,9-12H2,1H3,(H,20,25)(H,21,24)(H,22,27). The van der Waals surface area contributed by atoms with Gasteiger partial charge in [0.05, 0.1) is 11.3 Å². The summed E-state index contributed by atoms with van der Waals surface area (Å²) in [5.41, 5.74) is -0.155. The van der Waals surface area contributed by atoms with E-state index in [2.05, 4.69) is 16.0 Å². The molecule has 1 saturated carbocycles. The molecule has 0 bridgehead atoms. The molecule has 27 heavy (non-hydrogen) atoms. The van der Waals surface area contributed by atoms with E-state index >= 15 is 0 Å². The lowest BCUT2D eigenvalue weighted by molar-refractivity contribution is -0.133. The predicted molar refractivity (Wildman–Crippen MR) is 99.1 cm³/mol. The molecule has 0 atom stereocenters. The van der Waals surface area contributed by atoms with Crippen LogP contribution in [0.5, 0.6) is 0 Å². The highest BCUT2D eigenvalue weighted by Gasteiger charge is 2.52. The summed E-state index contributed by atoms with van der Waals surface area (Å²) in [7, 11) is 0. The lowest BCUT2D eigenvalue weighted by Gasteiger charge is -2.20. The summed E-state index contributed by atoms with van der Waals surface area (Å²) in [6, 6.07) is 6.10. The van der Waals surface area contributed by atoms with Crippen molar-refractivity contribution in [2.75, 3.05) is 18.4 Å². The van der Waals surface area contributed by atoms with Crippen LogP contribution in [0, 0.1) is 0 Å². The second-order valence-electron chi connectivity index (χ2n) is 6.96. The highest BCUT2D eigenvalue weighted by molar-refractivity contribution is 6.11. The van der Waals surface area contributed by atoms with Gasteiger partial charge in [-0.15, -0.1) is 0 Å². The first-order valence-corrected chi connectivity index (χ1v) is 9.28. The monoisotopic (exact) mass is 372 g/mol. The Labute approximate surface area is 157 Å². The lowest BCUT2D eigenvalue weighted by atomic mass is 9.98. The van der Waals surface area contributed by atoms with Crippen molar-refractivity contribution in [2.45, 2.75) is 44.6 Å². The van der Waals surface area contributed by atoms with Crippen LogP contribution in [0.15, 0.2) is 24.3 Å². The van der Waals surface area contributed by atoms with E-state index in [0.29, 0.717) is 30.6 Å². The second kappa shape index (κ2) is 7.77. The first-order valence-electron chi connectivity index (χ1n) is 9.28. The molecule has 0 unspecified atom stereocenters. The van der Waals surface area contributed by atoms with Gasteiger partial charge in [0.1, 0.15) is 12.1 Å². The van der Waals surface area contributed by atoms with E-state index in [-0.39, 0.29) is 18.4 Å². The minimum absolute atomic E-state index is 0.285. The molecule has 8 heteroatoms. The van der Waals surface area contributed by atoms with Gasteiger partial charge in [-0.2, -0.15) is 0 Å². The van der Waals surface area contributed by atoms with Crippen molar-refractivity contribution >= 4 is 29.4 Å². The number of hydrogen-bond acceptors (Lipinski definition) is 4. The van der Waals surface area contributed by atoms with Crippen molar-refractivity contribution in [3.63, 3.8) is 0 Å². The van der Waals surface area contributed by atoms with Crippen molar-refractivity contribution in [1.82, 2.24) is 15.5 Å². The Bertz CT molecular complexity index is 771. The van der Waals surface area contributed by atoms with Crippen LogP contribution in [0.2, 0.25) is 0 Å². The number of nitrogens with zero attached hydrogens (tertiary/aromatic N) is 1. The maximum absolute atomic E-state index is 12.6. The summed E-state index contributed by atoms with van der Waals surface area (Å²) in [4.78, 5) is 50.4. The molecule has 5 amide bonds. The van der Waals surface area contributed by atoms with Crippen molar-refractivity contribution in [3.05, 3.63) is 29.8 Å². The molecule has 144 valence electrons. The van der Waals surface area contributed by atoms with Gasteiger partial charge in [0, 0.05) is 6.54 Å². The highest BCUT2D eigenvalue weighted by atomic mass is 16.2. The Morgan fingerprint density at radius 1 is 1.19 bits per heavy atom. The molecule has 1 aliphatic carbocycles. The molecular formula is C19H24N4O4. The van der Waals surface area contributed by atoms with E-state index in [9.17, 15) is 19.2 Å². The summed E-state index contributed by atoms with van der Waals surface area (Å²) >= 11 is 0. The van der Waals surface area contributed by atoms with Gasteiger partial charge in [-0.25, -0.2) is 4.79 Å². The number of anilines is 1. The number of nitrogens with one attached hydrogen (secondary N) is 3. The molecule has 1 spiro atoms. The Morgan fingerprint density at radius 3 is 2.59 bits per heavy atom. The molecule has 8 nitrogen and oxygen atoms in total. The van der Waals surface area contributed by atoms with Gasteiger partial charge in [0.25, 0.3) is 11.8 Å². The van der Waals surface area contributed by atoms with Crippen LogP contribution in [-0.2, 0) is 9.59 Å². The highest BCUT2D eigenvalue weighted by Crippen LogP contribution is 2.34. The molecule has 3 rings (SSSR count). The maximum Gasteiger partial charge on any atom is 0.325 e. The first-order chi connectivity index (χ1) is 13.0. The third-order valence-corrected chi connectivity index (χ3v) is 4.99. The van der Waals surface area contributed by atoms with E-state index < -0.39 is 17.5 Å². The SMILES string of the molecule is CCCNC(=O)c1ccccc1NC(=O)CN1C(=O)NC2(CCCC2)C1=O. The summed E-state index contributed by atoms with van der Waals surface area (Å²) in [5, 5.41) is 8.15. The van der Waals surface area contributed by atoms with Crippen LogP contribution in [0.25, 0.3) is 0 Å². The number of rotatable bonds is 6. The zero-order chi connectivity index (χ0) is 19.4. The quantitative estimate of drug-likeness (QED) is 0.660. The van der Waals surface area contributed by atoms with E-state index in [1.54, 1.807) is 24.3 Å². The van der Waals surface area contributed by atoms with Gasteiger partial charge in [-0.05, 0) is 31.4 Å². The number of benzene rings is 1. The van der Waals surface area contributed by atoms with Crippen LogP contribution < -0.4 is 16.0 Å². The fourth-order valence-electron chi connectivity index (χ4n) is 3.59. The summed E-state index contributed by atoms with van der Waals surface area (Å²) in [5.74, 6) is -1.15. The van der Waals surface area contributed by atoms with Gasteiger partial charge in [-0.1, -0.05) is 31.9 Å². The molecule has 3 N–H and O–H groups in total. The number of amides is 5. The number of para-hydroxylation sites is 1. The van der Waals surface area contributed by atoms with Crippen LogP contribution in [-0.4, -0.2) is 47.3 Å². The van der Waals surface area contributed by atoms with Crippen molar-refractivity contribution < 1.29 is 19.2 Å². The van der Waals surface area contributed by atoms with Crippen LogP contribution in [0.4, 0.5) is 10.5 Å². The third-order valence-electron chi connectivity index (χ3n) is 4.99. The topological polar surface area (TPSA) is 108 Å². The van der Waals surface area contributed by atoms with Gasteiger partial charge in [0.2, 0.25) is 5.91 Å². The van der Waals surface area contributed by atoms with Crippen molar-refractivity contribution in [1.29, 1.82) is 0 Å². The molecule has 1 saturated heterocycles. The van der Waals surface area contributed by atoms with Crippen LogP contribution in [0.3, 0.4) is 0 Å². The number of carbonyl (C=O) groups is 4. The smallest absolute Gasteiger partial charge is 0.325 e. The van der Waals surface area contributed by atoms with E-state index in [0.717, 1.165) is 24.2 Å². The molecule has 0 aromatic heterocycles.